The van der Waals surface area contributed by atoms with Crippen LogP contribution in [0.3, 0.4) is 0 Å². The van der Waals surface area contributed by atoms with Crippen molar-refractivity contribution in [3.63, 3.8) is 0 Å². The van der Waals surface area contributed by atoms with Gasteiger partial charge in [-0.1, -0.05) is 0 Å². The minimum absolute atomic E-state index is 0.250. The van der Waals surface area contributed by atoms with Gasteiger partial charge in [-0.2, -0.15) is 17.0 Å². The second-order valence-corrected chi connectivity index (χ2v) is 2.96. The van der Waals surface area contributed by atoms with Crippen molar-refractivity contribution in [2.45, 2.75) is 19.4 Å². The van der Waals surface area contributed by atoms with Gasteiger partial charge in [-0.3, -0.25) is 4.79 Å². The van der Waals surface area contributed by atoms with E-state index in [1.165, 1.54) is 11.8 Å². The zero-order valence-corrected chi connectivity index (χ0v) is 7.48. The molecule has 3 nitrogen and oxygen atoms in total. The topological polar surface area (TPSA) is 50.1 Å². The fraction of sp³-hybridized carbons (Fsp3) is 0.714. The highest BCUT2D eigenvalue weighted by Gasteiger charge is 2.07. The van der Waals surface area contributed by atoms with Crippen molar-refractivity contribution in [2.75, 3.05) is 12.0 Å². The lowest BCUT2D eigenvalue weighted by molar-refractivity contribution is -0.144. The molecule has 0 amide bonds. The summed E-state index contributed by atoms with van der Waals surface area (Å²) >= 11 is 1.41. The molecule has 0 saturated carbocycles. The number of esters is 1. The lowest BCUT2D eigenvalue weighted by Crippen LogP contribution is -2.15. The third-order valence-corrected chi connectivity index (χ3v) is 1.50. The van der Waals surface area contributed by atoms with Gasteiger partial charge in [0, 0.05) is 0 Å². The van der Waals surface area contributed by atoms with E-state index < -0.39 is 0 Å². The summed E-state index contributed by atoms with van der Waals surface area (Å²) in [6, 6.07) is 1.93. The van der Waals surface area contributed by atoms with E-state index in [1.54, 1.807) is 6.92 Å². The molecule has 0 aliphatic heterocycles. The van der Waals surface area contributed by atoms with Crippen molar-refractivity contribution in [2.24, 2.45) is 0 Å². The van der Waals surface area contributed by atoms with Gasteiger partial charge < -0.3 is 4.74 Å². The lowest BCUT2D eigenvalue weighted by atomic mass is 10.3. The van der Waals surface area contributed by atoms with E-state index in [2.05, 4.69) is 0 Å². The van der Waals surface area contributed by atoms with E-state index in [-0.39, 0.29) is 18.5 Å². The molecule has 0 aromatic carbocycles. The molecular weight excluding hydrogens is 162 g/mol. The van der Waals surface area contributed by atoms with E-state index in [0.29, 0.717) is 5.75 Å². The van der Waals surface area contributed by atoms with Gasteiger partial charge >= 0.3 is 5.97 Å². The highest BCUT2D eigenvalue weighted by atomic mass is 32.2. The summed E-state index contributed by atoms with van der Waals surface area (Å²) in [5, 5.41) is 8.23. The largest absolute Gasteiger partial charge is 0.461 e. The van der Waals surface area contributed by atoms with Gasteiger partial charge in [-0.15, -0.1) is 0 Å². The van der Waals surface area contributed by atoms with Crippen LogP contribution in [0.2, 0.25) is 0 Å². The van der Waals surface area contributed by atoms with Crippen molar-refractivity contribution in [1.82, 2.24) is 0 Å². The molecule has 0 N–H and O–H groups in total. The minimum Gasteiger partial charge on any atom is -0.461 e. The molecule has 0 rings (SSSR count). The molecule has 0 aliphatic rings. The number of carbonyl (C=O) groups is 1. The first-order valence-corrected chi connectivity index (χ1v) is 4.65. The maximum absolute atomic E-state index is 10.8. The molecule has 11 heavy (non-hydrogen) atoms. The fourth-order valence-electron chi connectivity index (χ4n) is 0.546. The molecule has 4 heteroatoms. The summed E-state index contributed by atoms with van der Waals surface area (Å²) < 4.78 is 4.85. The molecule has 1 unspecified atom stereocenters. The third kappa shape index (κ3) is 5.74. The van der Waals surface area contributed by atoms with E-state index in [4.69, 9.17) is 10.00 Å². The van der Waals surface area contributed by atoms with Crippen molar-refractivity contribution in [3.05, 3.63) is 0 Å². The van der Waals surface area contributed by atoms with Crippen LogP contribution in [-0.2, 0) is 9.53 Å². The van der Waals surface area contributed by atoms with E-state index in [1.807, 2.05) is 12.3 Å². The molecule has 0 bridgehead atoms. The highest BCUT2D eigenvalue weighted by molar-refractivity contribution is 7.99. The Morgan fingerprint density at radius 3 is 2.91 bits per heavy atom. The number of carbonyl (C=O) groups excluding carboxylic acids is 1. The Bertz CT molecular complexity index is 164. The van der Waals surface area contributed by atoms with Gasteiger partial charge in [0.25, 0.3) is 0 Å². The van der Waals surface area contributed by atoms with Crippen molar-refractivity contribution < 1.29 is 9.53 Å². The standard InChI is InChI=1S/C7H11NO2S/c1-6(3-4-8)10-7(9)5-11-2/h6H,3,5H2,1-2H3. The quantitative estimate of drug-likeness (QED) is 0.599. The van der Waals surface area contributed by atoms with E-state index >= 15 is 0 Å². The maximum atomic E-state index is 10.8. The summed E-state index contributed by atoms with van der Waals surface area (Å²) in [4.78, 5) is 10.8. The Labute approximate surface area is 70.7 Å². The summed E-state index contributed by atoms with van der Waals surface area (Å²) in [5.74, 6) is 0.107. The number of nitriles is 1. The first kappa shape index (κ1) is 10.3. The average Bonchev–Trinajstić information content (AvgIpc) is 1.87. The average molecular weight is 173 g/mol. The van der Waals surface area contributed by atoms with E-state index in [9.17, 15) is 4.79 Å². The molecule has 0 spiro atoms. The number of ether oxygens (including phenoxy) is 1. The van der Waals surface area contributed by atoms with Crippen LogP contribution >= 0.6 is 11.8 Å². The SMILES string of the molecule is CSCC(=O)OC(C)CC#N. The molecule has 1 atom stereocenters. The molecule has 0 aliphatic carbocycles. The molecule has 62 valence electrons. The Kier molecular flexibility index (Phi) is 5.67. The van der Waals surface area contributed by atoms with Gasteiger partial charge in [-0.05, 0) is 13.2 Å². The zero-order chi connectivity index (χ0) is 8.69. The van der Waals surface area contributed by atoms with Gasteiger partial charge in [0.05, 0.1) is 18.2 Å². The highest BCUT2D eigenvalue weighted by Crippen LogP contribution is 1.99. The van der Waals surface area contributed by atoms with Crippen LogP contribution in [0.4, 0.5) is 0 Å². The number of hydrogen-bond donors (Lipinski definition) is 0. The molecule has 0 radical (unpaired) electrons. The number of rotatable bonds is 4. The van der Waals surface area contributed by atoms with Crippen LogP contribution in [0.5, 0.6) is 0 Å². The smallest absolute Gasteiger partial charge is 0.316 e. The third-order valence-electron chi connectivity index (χ3n) is 0.974. The number of hydrogen-bond acceptors (Lipinski definition) is 4. The Morgan fingerprint density at radius 1 is 1.82 bits per heavy atom. The van der Waals surface area contributed by atoms with E-state index in [0.717, 1.165) is 0 Å². The molecular formula is C7H11NO2S. The lowest BCUT2D eigenvalue weighted by Gasteiger charge is -2.07. The molecule has 0 aromatic heterocycles. The summed E-state index contributed by atoms with van der Waals surface area (Å²) in [6.45, 7) is 1.71. The van der Waals surface area contributed by atoms with Crippen molar-refractivity contribution in [1.29, 1.82) is 5.26 Å². The summed E-state index contributed by atoms with van der Waals surface area (Å²) in [5.41, 5.74) is 0. The molecule has 0 saturated heterocycles. The molecule has 0 aromatic rings. The first-order valence-electron chi connectivity index (χ1n) is 3.26. The number of thioether (sulfide) groups is 1. The first-order chi connectivity index (χ1) is 5.20. The van der Waals surface area contributed by atoms with Crippen LogP contribution < -0.4 is 0 Å². The van der Waals surface area contributed by atoms with Gasteiger partial charge in [0.1, 0.15) is 6.10 Å². The Morgan fingerprint density at radius 2 is 2.45 bits per heavy atom. The maximum Gasteiger partial charge on any atom is 0.316 e. The molecule has 0 heterocycles. The monoisotopic (exact) mass is 173 g/mol. The van der Waals surface area contributed by atoms with Crippen LogP contribution in [-0.4, -0.2) is 24.1 Å². The van der Waals surface area contributed by atoms with Crippen LogP contribution in [0, 0.1) is 11.3 Å². The van der Waals surface area contributed by atoms with Crippen LogP contribution in [0.15, 0.2) is 0 Å². The summed E-state index contributed by atoms with van der Waals surface area (Å²) in [6.07, 6.45) is 1.82. The Balaban J connectivity index is 3.50. The summed E-state index contributed by atoms with van der Waals surface area (Å²) in [7, 11) is 0. The Hall–Kier alpha value is -0.690. The van der Waals surface area contributed by atoms with Gasteiger partial charge in [-0.25, -0.2) is 0 Å². The van der Waals surface area contributed by atoms with Gasteiger partial charge in [0.2, 0.25) is 0 Å². The normalized spacial score (nSPS) is 11.7. The van der Waals surface area contributed by atoms with Crippen molar-refractivity contribution in [3.8, 4) is 6.07 Å². The van der Waals surface area contributed by atoms with Crippen molar-refractivity contribution >= 4 is 17.7 Å². The predicted molar refractivity (Wildman–Crippen MR) is 44.2 cm³/mol. The zero-order valence-electron chi connectivity index (χ0n) is 6.66. The second kappa shape index (κ2) is 6.05. The van der Waals surface area contributed by atoms with Crippen LogP contribution in [0.25, 0.3) is 0 Å². The predicted octanol–water partition coefficient (Wildman–Crippen LogP) is 1.19. The van der Waals surface area contributed by atoms with Gasteiger partial charge in [0.15, 0.2) is 0 Å². The second-order valence-electron chi connectivity index (χ2n) is 2.10. The molecule has 0 fully saturated rings. The number of nitrogens with zero attached hydrogens (tertiary/aromatic N) is 1. The fourth-order valence-corrected chi connectivity index (χ4v) is 0.850. The minimum atomic E-state index is -0.278. The van der Waals surface area contributed by atoms with Crippen LogP contribution in [0.1, 0.15) is 13.3 Å².